The second-order valence-electron chi connectivity index (χ2n) is 7.77. The Bertz CT molecular complexity index is 352. The highest BCUT2D eigenvalue weighted by atomic mass is 16.1. The summed E-state index contributed by atoms with van der Waals surface area (Å²) >= 11 is 0. The van der Waals surface area contributed by atoms with Crippen LogP contribution in [0.2, 0.25) is 0 Å². The van der Waals surface area contributed by atoms with Gasteiger partial charge in [-0.2, -0.15) is 0 Å². The van der Waals surface area contributed by atoms with E-state index in [9.17, 15) is 4.79 Å². The normalized spacial score (nSPS) is 48.1. The van der Waals surface area contributed by atoms with Crippen LogP contribution in [0.4, 0.5) is 0 Å². The Hall–Kier alpha value is -0.330. The second kappa shape index (κ2) is 2.73. The van der Waals surface area contributed by atoms with E-state index in [1.54, 1.807) is 0 Å². The highest BCUT2D eigenvalue weighted by molar-refractivity contribution is 5.81. The predicted molar refractivity (Wildman–Crippen MR) is 65.1 cm³/mol. The summed E-state index contributed by atoms with van der Waals surface area (Å²) in [7, 11) is 0. The van der Waals surface area contributed by atoms with E-state index in [4.69, 9.17) is 0 Å². The molecule has 3 aliphatic rings. The third-order valence-corrected chi connectivity index (χ3v) is 6.59. The van der Waals surface area contributed by atoms with Crippen molar-refractivity contribution in [3.63, 3.8) is 0 Å². The number of hydrogen-bond acceptors (Lipinski definition) is 1. The molecule has 0 N–H and O–H groups in total. The molecule has 0 aliphatic heterocycles. The molecule has 1 nitrogen and oxygen atoms in total. The van der Waals surface area contributed by atoms with E-state index in [-0.39, 0.29) is 5.41 Å². The van der Waals surface area contributed by atoms with Crippen LogP contribution in [0, 0.1) is 28.1 Å². The molecule has 0 heterocycles. The summed E-state index contributed by atoms with van der Waals surface area (Å²) in [5.74, 6) is 2.05. The topological polar surface area (TPSA) is 17.1 Å². The van der Waals surface area contributed by atoms with Crippen LogP contribution < -0.4 is 0 Å². The van der Waals surface area contributed by atoms with Crippen LogP contribution in [0.3, 0.4) is 0 Å². The quantitative estimate of drug-likeness (QED) is 0.606. The first-order chi connectivity index (χ1) is 7.30. The number of rotatable bonds is 0. The van der Waals surface area contributed by atoms with Crippen LogP contribution in [-0.2, 0) is 4.79 Å². The van der Waals surface area contributed by atoms with E-state index >= 15 is 0 Å². The van der Waals surface area contributed by atoms with Crippen molar-refractivity contribution < 1.29 is 4.79 Å². The monoisotopic (exact) mass is 220 g/mol. The summed E-state index contributed by atoms with van der Waals surface area (Å²) in [4.78, 5) is 12.0. The van der Waals surface area contributed by atoms with Gasteiger partial charge in [0.15, 0.2) is 0 Å². The molecule has 0 amide bonds. The zero-order valence-corrected chi connectivity index (χ0v) is 11.1. The summed E-state index contributed by atoms with van der Waals surface area (Å²) in [6.07, 6.45) is 5.87. The van der Waals surface area contributed by atoms with E-state index in [1.165, 1.54) is 19.3 Å². The number of carbonyl (C=O) groups is 1. The van der Waals surface area contributed by atoms with Gasteiger partial charge in [-0.1, -0.05) is 27.7 Å². The van der Waals surface area contributed by atoms with Crippen LogP contribution in [0.25, 0.3) is 0 Å². The maximum Gasteiger partial charge on any atom is 0.133 e. The van der Waals surface area contributed by atoms with Crippen LogP contribution in [0.15, 0.2) is 0 Å². The largest absolute Gasteiger partial charge is 0.300 e. The van der Waals surface area contributed by atoms with E-state index < -0.39 is 0 Å². The maximum absolute atomic E-state index is 12.0. The van der Waals surface area contributed by atoms with Crippen LogP contribution in [0.1, 0.15) is 59.8 Å². The third kappa shape index (κ3) is 1.01. The number of hydrogen-bond donors (Lipinski definition) is 0. The van der Waals surface area contributed by atoms with Gasteiger partial charge in [-0.3, -0.25) is 4.79 Å². The fraction of sp³-hybridized carbons (Fsp3) is 0.933. The van der Waals surface area contributed by atoms with Crippen molar-refractivity contribution in [3.8, 4) is 0 Å². The van der Waals surface area contributed by atoms with Crippen molar-refractivity contribution in [2.75, 3.05) is 0 Å². The number of carbonyl (C=O) groups excluding carboxylic acids is 1. The first-order valence-electron chi connectivity index (χ1n) is 6.81. The Balaban J connectivity index is 2.10. The van der Waals surface area contributed by atoms with Crippen molar-refractivity contribution in [1.29, 1.82) is 0 Å². The van der Waals surface area contributed by atoms with Crippen molar-refractivity contribution in [1.82, 2.24) is 0 Å². The van der Waals surface area contributed by atoms with Gasteiger partial charge in [0.25, 0.3) is 0 Å². The van der Waals surface area contributed by atoms with Crippen molar-refractivity contribution in [2.24, 2.45) is 28.1 Å². The van der Waals surface area contributed by atoms with Gasteiger partial charge >= 0.3 is 0 Å². The minimum atomic E-state index is 0.246. The van der Waals surface area contributed by atoms with Crippen LogP contribution >= 0.6 is 0 Å². The van der Waals surface area contributed by atoms with Crippen LogP contribution in [0.5, 0.6) is 0 Å². The molecule has 3 atom stereocenters. The average molecular weight is 220 g/mol. The fourth-order valence-electron chi connectivity index (χ4n) is 5.54. The van der Waals surface area contributed by atoms with Crippen molar-refractivity contribution in [2.45, 2.75) is 59.8 Å². The molecular weight excluding hydrogens is 196 g/mol. The Morgan fingerprint density at radius 2 is 1.88 bits per heavy atom. The van der Waals surface area contributed by atoms with E-state index in [0.29, 0.717) is 22.5 Å². The Labute approximate surface area is 99.0 Å². The molecular formula is C15H24O. The molecule has 1 spiro atoms. The van der Waals surface area contributed by atoms with Gasteiger partial charge in [0.1, 0.15) is 5.78 Å². The van der Waals surface area contributed by atoms with E-state index in [1.807, 2.05) is 0 Å². The number of Topliss-reactive ketones (excluding diaryl/α,β-unsaturated/α-hetero) is 1. The van der Waals surface area contributed by atoms with E-state index in [0.717, 1.165) is 18.8 Å². The summed E-state index contributed by atoms with van der Waals surface area (Å²) in [6.45, 7) is 9.53. The van der Waals surface area contributed by atoms with Crippen LogP contribution in [-0.4, -0.2) is 5.78 Å². The minimum Gasteiger partial charge on any atom is -0.300 e. The molecule has 90 valence electrons. The molecule has 3 aliphatic carbocycles. The molecule has 0 aromatic carbocycles. The van der Waals surface area contributed by atoms with E-state index in [2.05, 4.69) is 27.7 Å². The van der Waals surface area contributed by atoms with Gasteiger partial charge in [-0.25, -0.2) is 0 Å². The van der Waals surface area contributed by atoms with Gasteiger partial charge in [-0.05, 0) is 47.3 Å². The first-order valence-corrected chi connectivity index (χ1v) is 6.81. The maximum atomic E-state index is 12.0. The highest BCUT2D eigenvalue weighted by Crippen LogP contribution is 2.74. The molecule has 16 heavy (non-hydrogen) atoms. The minimum absolute atomic E-state index is 0.246. The van der Waals surface area contributed by atoms with Gasteiger partial charge in [-0.15, -0.1) is 0 Å². The molecule has 3 rings (SSSR count). The second-order valence-corrected chi connectivity index (χ2v) is 7.77. The van der Waals surface area contributed by atoms with Crippen molar-refractivity contribution >= 4 is 5.78 Å². The smallest absolute Gasteiger partial charge is 0.133 e. The standard InChI is InChI=1S/C15H24O/c1-13(2)9-11(16)7-12-14(3,4)10-5-6-15(12,13)8-10/h10,12H,5-9H2,1-4H3/t10?,12?,15-/m0/s1. The lowest BCUT2D eigenvalue weighted by Gasteiger charge is -2.55. The summed E-state index contributed by atoms with van der Waals surface area (Å²) in [5.41, 5.74) is 1.15. The lowest BCUT2D eigenvalue weighted by Crippen LogP contribution is -2.50. The van der Waals surface area contributed by atoms with Crippen molar-refractivity contribution in [3.05, 3.63) is 0 Å². The van der Waals surface area contributed by atoms with Gasteiger partial charge in [0.2, 0.25) is 0 Å². The fourth-order valence-corrected chi connectivity index (χ4v) is 5.54. The number of fused-ring (bicyclic) bond motifs is 1. The predicted octanol–water partition coefficient (Wildman–Crippen LogP) is 3.82. The van der Waals surface area contributed by atoms with Gasteiger partial charge < -0.3 is 0 Å². The summed E-state index contributed by atoms with van der Waals surface area (Å²) in [5, 5.41) is 0. The Kier molecular flexibility index (Phi) is 1.85. The first kappa shape index (κ1) is 10.8. The Morgan fingerprint density at radius 1 is 1.19 bits per heavy atom. The lowest BCUT2D eigenvalue weighted by atomic mass is 9.49. The highest BCUT2D eigenvalue weighted by Gasteiger charge is 2.68. The molecule has 3 fully saturated rings. The molecule has 0 aromatic heterocycles. The average Bonchev–Trinajstić information content (AvgIpc) is 2.63. The van der Waals surface area contributed by atoms with Gasteiger partial charge in [0.05, 0.1) is 0 Å². The molecule has 2 bridgehead atoms. The number of ketones is 1. The molecule has 0 aromatic rings. The molecule has 2 unspecified atom stereocenters. The Morgan fingerprint density at radius 3 is 2.56 bits per heavy atom. The summed E-state index contributed by atoms with van der Waals surface area (Å²) in [6, 6.07) is 0. The zero-order chi connectivity index (χ0) is 11.8. The molecule has 0 radical (unpaired) electrons. The van der Waals surface area contributed by atoms with Gasteiger partial charge in [0, 0.05) is 12.8 Å². The zero-order valence-electron chi connectivity index (χ0n) is 11.1. The SMILES string of the molecule is CC1(C)C2CC[C@]3(C2)C1CC(=O)CC3(C)C. The molecule has 1 heteroatoms. The molecule has 0 saturated heterocycles. The third-order valence-electron chi connectivity index (χ3n) is 6.59. The lowest BCUT2D eigenvalue weighted by molar-refractivity contribution is -0.139. The molecule has 3 saturated carbocycles. The summed E-state index contributed by atoms with van der Waals surface area (Å²) < 4.78 is 0.